The van der Waals surface area contributed by atoms with E-state index in [0.717, 1.165) is 0 Å². The number of halogens is 4. The molecule has 0 saturated carbocycles. The summed E-state index contributed by atoms with van der Waals surface area (Å²) in [4.78, 5) is 24.8. The van der Waals surface area contributed by atoms with Crippen LogP contribution in [0.25, 0.3) is 6.08 Å². The summed E-state index contributed by atoms with van der Waals surface area (Å²) < 4.78 is 5.26. The number of anilines is 2. The standard InChI is InChI=1S/C23H16Cl4N2O3/c1-32-22-13(9-15(25)11-20(22)27)5-8-21(30)28-16-3-2-4-17(12-16)29-23(31)18-7-6-14(24)10-19(18)26/h2-12H,1H3,(H,28,30)(H,29,31)/b8-5+. The molecule has 0 saturated heterocycles. The van der Waals surface area contributed by atoms with Crippen molar-refractivity contribution in [3.05, 3.63) is 91.9 Å². The van der Waals surface area contributed by atoms with Gasteiger partial charge >= 0.3 is 0 Å². The Kier molecular flexibility index (Phi) is 8.04. The first-order valence-electron chi connectivity index (χ1n) is 9.15. The summed E-state index contributed by atoms with van der Waals surface area (Å²) >= 11 is 24.1. The predicted molar refractivity (Wildman–Crippen MR) is 132 cm³/mol. The van der Waals surface area contributed by atoms with Gasteiger partial charge in [0.15, 0.2) is 0 Å². The predicted octanol–water partition coefficient (Wildman–Crippen LogP) is 7.21. The summed E-state index contributed by atoms with van der Waals surface area (Å²) in [6, 6.07) is 14.5. The summed E-state index contributed by atoms with van der Waals surface area (Å²) in [6.45, 7) is 0. The molecule has 0 atom stereocenters. The van der Waals surface area contributed by atoms with Crippen molar-refractivity contribution in [3.8, 4) is 5.75 Å². The van der Waals surface area contributed by atoms with Crippen LogP contribution in [-0.2, 0) is 4.79 Å². The molecule has 3 aromatic rings. The molecule has 0 fully saturated rings. The highest BCUT2D eigenvalue weighted by Crippen LogP contribution is 2.33. The number of amides is 2. The second-order valence-corrected chi connectivity index (χ2v) is 8.18. The summed E-state index contributed by atoms with van der Waals surface area (Å²) in [7, 11) is 1.48. The maximum Gasteiger partial charge on any atom is 0.257 e. The summed E-state index contributed by atoms with van der Waals surface area (Å²) in [5, 5.41) is 6.88. The van der Waals surface area contributed by atoms with Crippen LogP contribution < -0.4 is 15.4 Å². The lowest BCUT2D eigenvalue weighted by molar-refractivity contribution is -0.111. The molecule has 5 nitrogen and oxygen atoms in total. The van der Waals surface area contributed by atoms with E-state index < -0.39 is 11.8 Å². The largest absolute Gasteiger partial charge is 0.495 e. The van der Waals surface area contributed by atoms with Gasteiger partial charge in [0.1, 0.15) is 5.75 Å². The first-order valence-corrected chi connectivity index (χ1v) is 10.7. The SMILES string of the molecule is COc1c(Cl)cc(Cl)cc1/C=C/C(=O)Nc1cccc(NC(=O)c2ccc(Cl)cc2Cl)c1. The van der Waals surface area contributed by atoms with E-state index in [4.69, 9.17) is 51.1 Å². The fraction of sp³-hybridized carbons (Fsp3) is 0.0435. The second-order valence-electron chi connectivity index (χ2n) is 6.49. The molecule has 0 spiro atoms. The summed E-state index contributed by atoms with van der Waals surface area (Å²) in [6.07, 6.45) is 2.86. The van der Waals surface area contributed by atoms with E-state index in [0.29, 0.717) is 37.8 Å². The van der Waals surface area contributed by atoms with E-state index in [-0.39, 0.29) is 10.6 Å². The van der Waals surface area contributed by atoms with E-state index >= 15 is 0 Å². The zero-order chi connectivity index (χ0) is 23.3. The van der Waals surface area contributed by atoms with Gasteiger partial charge in [-0.1, -0.05) is 52.5 Å². The fourth-order valence-corrected chi connectivity index (χ4v) is 3.90. The third-order valence-electron chi connectivity index (χ3n) is 4.22. The normalized spacial score (nSPS) is 10.8. The van der Waals surface area contributed by atoms with Crippen LogP contribution in [0.2, 0.25) is 20.1 Å². The zero-order valence-electron chi connectivity index (χ0n) is 16.6. The van der Waals surface area contributed by atoms with Crippen LogP contribution in [0.1, 0.15) is 15.9 Å². The van der Waals surface area contributed by atoms with Crippen LogP contribution in [-0.4, -0.2) is 18.9 Å². The Balaban J connectivity index is 1.70. The quantitative estimate of drug-likeness (QED) is 0.345. The molecule has 0 aliphatic carbocycles. The second kappa shape index (κ2) is 10.7. The van der Waals surface area contributed by atoms with Crippen LogP contribution in [0.3, 0.4) is 0 Å². The average molecular weight is 510 g/mol. The molecule has 2 amide bonds. The lowest BCUT2D eigenvalue weighted by Gasteiger charge is -2.09. The number of methoxy groups -OCH3 is 1. The number of carbonyl (C=O) groups is 2. The Morgan fingerprint density at radius 1 is 0.844 bits per heavy atom. The first kappa shape index (κ1) is 24.0. The molecule has 3 aromatic carbocycles. The van der Waals surface area contributed by atoms with Crippen molar-refractivity contribution in [3.63, 3.8) is 0 Å². The third kappa shape index (κ3) is 6.17. The topological polar surface area (TPSA) is 67.4 Å². The van der Waals surface area contributed by atoms with E-state index in [1.165, 1.54) is 25.3 Å². The van der Waals surface area contributed by atoms with Gasteiger partial charge in [0.2, 0.25) is 5.91 Å². The van der Waals surface area contributed by atoms with Crippen LogP contribution in [0, 0.1) is 0 Å². The molecule has 9 heteroatoms. The molecule has 2 N–H and O–H groups in total. The van der Waals surface area contributed by atoms with E-state index in [1.54, 1.807) is 48.5 Å². The number of hydrogen-bond donors (Lipinski definition) is 2. The number of hydrogen-bond acceptors (Lipinski definition) is 3. The molecule has 0 bridgehead atoms. The zero-order valence-corrected chi connectivity index (χ0v) is 19.6. The highest BCUT2D eigenvalue weighted by Gasteiger charge is 2.12. The van der Waals surface area contributed by atoms with Gasteiger partial charge in [-0.25, -0.2) is 0 Å². The van der Waals surface area contributed by atoms with Crippen LogP contribution in [0.4, 0.5) is 11.4 Å². The smallest absolute Gasteiger partial charge is 0.257 e. The molecule has 0 heterocycles. The van der Waals surface area contributed by atoms with Gasteiger partial charge in [-0.05, 0) is 54.6 Å². The highest BCUT2D eigenvalue weighted by atomic mass is 35.5. The molecule has 0 radical (unpaired) electrons. The first-order chi connectivity index (χ1) is 15.3. The van der Waals surface area contributed by atoms with Gasteiger partial charge in [-0.2, -0.15) is 0 Å². The summed E-state index contributed by atoms with van der Waals surface area (Å²) in [5.74, 6) is -0.391. The number of carbonyl (C=O) groups excluding carboxylic acids is 2. The van der Waals surface area contributed by atoms with Crippen molar-refractivity contribution in [2.45, 2.75) is 0 Å². The van der Waals surface area contributed by atoms with Crippen LogP contribution in [0.5, 0.6) is 5.75 Å². The van der Waals surface area contributed by atoms with Crippen molar-refractivity contribution >= 4 is 75.7 Å². The molecular formula is C23H16Cl4N2O3. The van der Waals surface area contributed by atoms with Gasteiger partial charge in [0, 0.05) is 33.1 Å². The van der Waals surface area contributed by atoms with E-state index in [1.807, 2.05) is 0 Å². The molecule has 0 aliphatic heterocycles. The van der Waals surface area contributed by atoms with Crippen molar-refractivity contribution in [2.75, 3.05) is 17.7 Å². The van der Waals surface area contributed by atoms with E-state index in [9.17, 15) is 9.59 Å². The monoisotopic (exact) mass is 508 g/mol. The molecular weight excluding hydrogens is 494 g/mol. The number of benzene rings is 3. The van der Waals surface area contributed by atoms with Crippen molar-refractivity contribution in [1.82, 2.24) is 0 Å². The number of nitrogens with one attached hydrogen (secondary N) is 2. The van der Waals surface area contributed by atoms with Crippen LogP contribution in [0.15, 0.2) is 60.7 Å². The highest BCUT2D eigenvalue weighted by molar-refractivity contribution is 6.37. The Morgan fingerprint density at radius 2 is 1.53 bits per heavy atom. The Morgan fingerprint density at radius 3 is 2.22 bits per heavy atom. The number of ether oxygens (including phenoxy) is 1. The maximum absolute atomic E-state index is 12.5. The summed E-state index contributed by atoms with van der Waals surface area (Å²) in [5.41, 5.74) is 1.80. The van der Waals surface area contributed by atoms with Gasteiger partial charge in [0.25, 0.3) is 5.91 Å². The maximum atomic E-state index is 12.5. The lowest BCUT2D eigenvalue weighted by atomic mass is 10.2. The average Bonchev–Trinajstić information content (AvgIpc) is 2.72. The third-order valence-corrected chi connectivity index (χ3v) is 5.27. The van der Waals surface area contributed by atoms with Gasteiger partial charge in [-0.3, -0.25) is 9.59 Å². The van der Waals surface area contributed by atoms with Crippen molar-refractivity contribution < 1.29 is 14.3 Å². The minimum atomic E-state index is -0.403. The minimum Gasteiger partial charge on any atom is -0.495 e. The van der Waals surface area contributed by atoms with E-state index in [2.05, 4.69) is 10.6 Å². The molecule has 0 aliphatic rings. The lowest BCUT2D eigenvalue weighted by Crippen LogP contribution is -2.13. The van der Waals surface area contributed by atoms with Crippen molar-refractivity contribution in [2.24, 2.45) is 0 Å². The fourth-order valence-electron chi connectivity index (χ4n) is 2.82. The molecule has 0 unspecified atom stereocenters. The van der Waals surface area contributed by atoms with Crippen molar-refractivity contribution in [1.29, 1.82) is 0 Å². The molecule has 32 heavy (non-hydrogen) atoms. The van der Waals surface area contributed by atoms with Gasteiger partial charge in [-0.15, -0.1) is 0 Å². The number of rotatable bonds is 6. The Bertz CT molecular complexity index is 1210. The molecule has 0 aromatic heterocycles. The molecule has 164 valence electrons. The van der Waals surface area contributed by atoms with Gasteiger partial charge < -0.3 is 15.4 Å². The Hall–Kier alpha value is -2.70. The van der Waals surface area contributed by atoms with Crippen LogP contribution >= 0.6 is 46.4 Å². The Labute approximate surface area is 204 Å². The minimum absolute atomic E-state index is 0.237. The van der Waals surface area contributed by atoms with Gasteiger partial charge in [0.05, 0.1) is 22.7 Å². The molecule has 3 rings (SSSR count).